The lowest BCUT2D eigenvalue weighted by Crippen LogP contribution is -2.11. The normalized spacial score (nSPS) is 17.7. The van der Waals surface area contributed by atoms with Gasteiger partial charge in [-0.2, -0.15) is 0 Å². The van der Waals surface area contributed by atoms with Crippen LogP contribution in [-0.4, -0.2) is 32.6 Å². The molecular weight excluding hydrogens is 286 g/mol. The van der Waals surface area contributed by atoms with E-state index < -0.39 is 0 Å². The summed E-state index contributed by atoms with van der Waals surface area (Å²) >= 11 is 1.41. The molecule has 6 heteroatoms. The first kappa shape index (κ1) is 13.9. The monoisotopic (exact) mass is 301 g/mol. The molecule has 1 atom stereocenters. The van der Waals surface area contributed by atoms with Gasteiger partial charge in [0.1, 0.15) is 5.25 Å². The van der Waals surface area contributed by atoms with E-state index in [1.807, 2.05) is 34.9 Å². The first-order valence-electron chi connectivity index (χ1n) is 6.72. The van der Waals surface area contributed by atoms with E-state index in [2.05, 4.69) is 16.8 Å². The molecule has 0 N–H and O–H groups in total. The zero-order valence-electron chi connectivity index (χ0n) is 11.4. The minimum absolute atomic E-state index is 0.172. The van der Waals surface area contributed by atoms with Gasteiger partial charge in [-0.15, -0.1) is 16.8 Å². The van der Waals surface area contributed by atoms with Crippen molar-refractivity contribution in [3.05, 3.63) is 43.0 Å². The summed E-state index contributed by atoms with van der Waals surface area (Å²) in [4.78, 5) is 11.6. The Bertz CT molecular complexity index is 654. The van der Waals surface area contributed by atoms with Crippen molar-refractivity contribution < 1.29 is 9.53 Å². The van der Waals surface area contributed by atoms with E-state index in [9.17, 15) is 4.79 Å². The van der Waals surface area contributed by atoms with Gasteiger partial charge in [-0.3, -0.25) is 9.36 Å². The first-order chi connectivity index (χ1) is 10.3. The zero-order chi connectivity index (χ0) is 14.7. The molecule has 1 aromatic heterocycles. The molecule has 1 aliphatic rings. The van der Waals surface area contributed by atoms with Gasteiger partial charge in [0.25, 0.3) is 0 Å². The van der Waals surface area contributed by atoms with Crippen molar-refractivity contribution in [1.29, 1.82) is 0 Å². The van der Waals surface area contributed by atoms with Gasteiger partial charge in [0.2, 0.25) is 0 Å². The number of cyclic esters (lactones) is 1. The number of carbonyl (C=O) groups excluding carboxylic acids is 1. The molecule has 2 heterocycles. The number of esters is 1. The van der Waals surface area contributed by atoms with Gasteiger partial charge in [0.15, 0.2) is 11.0 Å². The Hall–Kier alpha value is -2.08. The Morgan fingerprint density at radius 3 is 2.86 bits per heavy atom. The molecule has 0 aliphatic carbocycles. The predicted molar refractivity (Wildman–Crippen MR) is 80.9 cm³/mol. The number of allylic oxidation sites excluding steroid dienone is 1. The molecule has 0 radical (unpaired) electrons. The molecule has 1 aromatic carbocycles. The van der Waals surface area contributed by atoms with E-state index in [4.69, 9.17) is 4.74 Å². The molecule has 0 unspecified atom stereocenters. The van der Waals surface area contributed by atoms with Crippen molar-refractivity contribution in [2.24, 2.45) is 0 Å². The number of aromatic nitrogens is 3. The van der Waals surface area contributed by atoms with Gasteiger partial charge >= 0.3 is 5.97 Å². The second kappa shape index (κ2) is 6.13. The van der Waals surface area contributed by atoms with Crippen molar-refractivity contribution in [3.63, 3.8) is 0 Å². The maximum Gasteiger partial charge on any atom is 0.319 e. The van der Waals surface area contributed by atoms with Crippen LogP contribution in [-0.2, 0) is 16.1 Å². The van der Waals surface area contributed by atoms with Gasteiger partial charge in [-0.25, -0.2) is 0 Å². The molecule has 3 rings (SSSR count). The Labute approximate surface area is 127 Å². The van der Waals surface area contributed by atoms with Crippen LogP contribution in [0.5, 0.6) is 0 Å². The smallest absolute Gasteiger partial charge is 0.319 e. The van der Waals surface area contributed by atoms with E-state index in [0.717, 1.165) is 16.5 Å². The summed E-state index contributed by atoms with van der Waals surface area (Å²) < 4.78 is 6.96. The summed E-state index contributed by atoms with van der Waals surface area (Å²) in [5.41, 5.74) is 0.993. The van der Waals surface area contributed by atoms with Crippen molar-refractivity contribution in [2.45, 2.75) is 23.4 Å². The van der Waals surface area contributed by atoms with Crippen LogP contribution in [0.1, 0.15) is 6.42 Å². The minimum atomic E-state index is -0.193. The quantitative estimate of drug-likeness (QED) is 0.627. The molecular formula is C15H15N3O2S. The Morgan fingerprint density at radius 1 is 1.38 bits per heavy atom. The largest absolute Gasteiger partial charge is 0.465 e. The van der Waals surface area contributed by atoms with Crippen molar-refractivity contribution in [1.82, 2.24) is 14.8 Å². The van der Waals surface area contributed by atoms with Crippen molar-refractivity contribution >= 4 is 17.7 Å². The Morgan fingerprint density at radius 2 is 2.19 bits per heavy atom. The first-order valence-corrected chi connectivity index (χ1v) is 7.60. The number of ether oxygens (including phenoxy) is 1. The van der Waals surface area contributed by atoms with Gasteiger partial charge in [-0.05, 0) is 0 Å². The lowest BCUT2D eigenvalue weighted by atomic mass is 10.2. The lowest BCUT2D eigenvalue weighted by molar-refractivity contribution is -0.137. The molecule has 0 amide bonds. The highest BCUT2D eigenvalue weighted by atomic mass is 32.2. The summed E-state index contributed by atoms with van der Waals surface area (Å²) in [5, 5.41) is 9.02. The second-order valence-electron chi connectivity index (χ2n) is 4.63. The Balaban J connectivity index is 1.92. The third kappa shape index (κ3) is 2.85. The van der Waals surface area contributed by atoms with E-state index in [0.29, 0.717) is 19.6 Å². The summed E-state index contributed by atoms with van der Waals surface area (Å²) in [7, 11) is 0. The molecule has 0 spiro atoms. The number of benzene rings is 1. The highest BCUT2D eigenvalue weighted by molar-refractivity contribution is 8.00. The van der Waals surface area contributed by atoms with Gasteiger partial charge in [0.05, 0.1) is 6.61 Å². The number of thioether (sulfide) groups is 1. The molecule has 1 aliphatic heterocycles. The van der Waals surface area contributed by atoms with Crippen LogP contribution >= 0.6 is 11.8 Å². The number of carbonyl (C=O) groups is 1. The highest BCUT2D eigenvalue weighted by Crippen LogP contribution is 2.30. The zero-order valence-corrected chi connectivity index (χ0v) is 12.3. The SMILES string of the molecule is C=CCn1c(S[C@H]2CCOC2=O)nnc1-c1ccccc1. The number of hydrogen-bond acceptors (Lipinski definition) is 5. The number of rotatable bonds is 5. The molecule has 0 bridgehead atoms. The molecule has 108 valence electrons. The molecule has 1 saturated heterocycles. The van der Waals surface area contributed by atoms with Crippen LogP contribution in [0.3, 0.4) is 0 Å². The van der Waals surface area contributed by atoms with Gasteiger partial charge < -0.3 is 4.74 Å². The van der Waals surface area contributed by atoms with E-state index in [1.165, 1.54) is 11.8 Å². The number of nitrogens with zero attached hydrogens (tertiary/aromatic N) is 3. The third-order valence-electron chi connectivity index (χ3n) is 3.20. The van der Waals surface area contributed by atoms with Crippen LogP contribution in [0.2, 0.25) is 0 Å². The van der Waals surface area contributed by atoms with Crippen LogP contribution in [0.4, 0.5) is 0 Å². The summed E-state index contributed by atoms with van der Waals surface area (Å²) in [6.07, 6.45) is 2.51. The fourth-order valence-electron chi connectivity index (χ4n) is 2.18. The standard InChI is InChI=1S/C15H15N3O2S/c1-2-9-18-13(11-6-4-3-5-7-11)16-17-15(18)21-12-8-10-20-14(12)19/h2-7,12H,1,8-10H2/t12-/m0/s1. The average molecular weight is 301 g/mol. The van der Waals surface area contributed by atoms with Gasteiger partial charge in [0, 0.05) is 18.5 Å². The Kier molecular flexibility index (Phi) is 4.06. The maximum atomic E-state index is 11.6. The van der Waals surface area contributed by atoms with E-state index in [1.54, 1.807) is 6.08 Å². The number of hydrogen-bond donors (Lipinski definition) is 0. The second-order valence-corrected chi connectivity index (χ2v) is 5.80. The van der Waals surface area contributed by atoms with Crippen LogP contribution in [0, 0.1) is 0 Å². The molecule has 1 fully saturated rings. The predicted octanol–water partition coefficient (Wildman–Crippen LogP) is 2.54. The summed E-state index contributed by atoms with van der Waals surface area (Å²) in [6.45, 7) is 4.86. The van der Waals surface area contributed by atoms with Gasteiger partial charge in [-0.1, -0.05) is 48.2 Å². The molecule has 5 nitrogen and oxygen atoms in total. The minimum Gasteiger partial charge on any atom is -0.465 e. The third-order valence-corrected chi connectivity index (χ3v) is 4.42. The fraction of sp³-hybridized carbons (Fsp3) is 0.267. The molecule has 2 aromatic rings. The fourth-order valence-corrected chi connectivity index (χ4v) is 3.19. The van der Waals surface area contributed by atoms with E-state index in [-0.39, 0.29) is 11.2 Å². The highest BCUT2D eigenvalue weighted by Gasteiger charge is 2.29. The van der Waals surface area contributed by atoms with Crippen LogP contribution in [0.25, 0.3) is 11.4 Å². The summed E-state index contributed by atoms with van der Waals surface area (Å²) in [6, 6.07) is 9.86. The van der Waals surface area contributed by atoms with E-state index >= 15 is 0 Å². The average Bonchev–Trinajstić information content (AvgIpc) is 3.09. The van der Waals surface area contributed by atoms with Crippen LogP contribution < -0.4 is 0 Å². The molecule has 0 saturated carbocycles. The maximum absolute atomic E-state index is 11.6. The summed E-state index contributed by atoms with van der Waals surface area (Å²) in [5.74, 6) is 0.610. The topological polar surface area (TPSA) is 57.0 Å². The molecule has 21 heavy (non-hydrogen) atoms. The van der Waals surface area contributed by atoms with Crippen molar-refractivity contribution in [3.8, 4) is 11.4 Å². The van der Waals surface area contributed by atoms with Crippen LogP contribution in [0.15, 0.2) is 48.1 Å². The van der Waals surface area contributed by atoms with Crippen molar-refractivity contribution in [2.75, 3.05) is 6.61 Å². The lowest BCUT2D eigenvalue weighted by Gasteiger charge is -2.09.